The van der Waals surface area contributed by atoms with Gasteiger partial charge in [0.25, 0.3) is 0 Å². The van der Waals surface area contributed by atoms with Crippen LogP contribution in [0.5, 0.6) is 17.2 Å². The molecule has 0 fully saturated rings. The highest BCUT2D eigenvalue weighted by molar-refractivity contribution is 5.92. The second-order valence-corrected chi connectivity index (χ2v) is 8.62. The smallest absolute Gasteiger partial charge is 0.343 e. The Morgan fingerprint density at radius 3 is 2.21 bits per heavy atom. The van der Waals surface area contributed by atoms with E-state index in [9.17, 15) is 14.0 Å². The van der Waals surface area contributed by atoms with Crippen molar-refractivity contribution in [1.82, 2.24) is 0 Å². The number of unbranched alkanes of at least 4 members (excludes halogenated alkanes) is 3. The van der Waals surface area contributed by atoms with Gasteiger partial charge in [-0.2, -0.15) is 0 Å². The Kier molecular flexibility index (Phi) is 11.1. The fourth-order valence-corrected chi connectivity index (χ4v) is 3.57. The number of carbonyl (C=O) groups is 2. The molecule has 0 heterocycles. The maximum atomic E-state index is 14.6. The van der Waals surface area contributed by atoms with E-state index in [2.05, 4.69) is 18.4 Å². The summed E-state index contributed by atoms with van der Waals surface area (Å²) in [4.78, 5) is 23.7. The van der Waals surface area contributed by atoms with E-state index in [1.807, 2.05) is 12.1 Å². The zero-order valence-electron chi connectivity index (χ0n) is 22.1. The molecule has 7 heteroatoms. The number of aryl methyl sites for hydroxylation is 1. The van der Waals surface area contributed by atoms with Gasteiger partial charge in [-0.05, 0) is 98.8 Å². The number of halogens is 1. The fraction of sp³-hybridized carbons (Fsp3) is 0.250. The maximum Gasteiger partial charge on any atom is 0.343 e. The molecule has 3 rings (SSSR count). The SMILES string of the molecule is C=CC(=O)OCCCCCCOc1ccc(C(=O)Oc2ccc(C#Cc3ccc(OC)cc3)cc2F)c(C)c1. The molecular formula is C32H31FO6. The van der Waals surface area contributed by atoms with Crippen LogP contribution in [0.2, 0.25) is 0 Å². The van der Waals surface area contributed by atoms with Crippen molar-refractivity contribution in [3.63, 3.8) is 0 Å². The summed E-state index contributed by atoms with van der Waals surface area (Å²) in [6, 6.07) is 16.5. The molecule has 202 valence electrons. The van der Waals surface area contributed by atoms with E-state index in [1.165, 1.54) is 12.1 Å². The summed E-state index contributed by atoms with van der Waals surface area (Å²) in [5.41, 5.74) is 2.19. The Balaban J connectivity index is 1.48. The van der Waals surface area contributed by atoms with Gasteiger partial charge in [0.2, 0.25) is 0 Å². The van der Waals surface area contributed by atoms with E-state index in [4.69, 9.17) is 18.9 Å². The zero-order chi connectivity index (χ0) is 28.0. The highest BCUT2D eigenvalue weighted by Gasteiger charge is 2.15. The van der Waals surface area contributed by atoms with Gasteiger partial charge >= 0.3 is 11.9 Å². The molecule has 39 heavy (non-hydrogen) atoms. The van der Waals surface area contributed by atoms with Crippen molar-refractivity contribution >= 4 is 11.9 Å². The highest BCUT2D eigenvalue weighted by Crippen LogP contribution is 2.23. The molecular weight excluding hydrogens is 499 g/mol. The van der Waals surface area contributed by atoms with E-state index in [0.29, 0.717) is 35.7 Å². The van der Waals surface area contributed by atoms with Crippen LogP contribution in [-0.2, 0) is 9.53 Å². The van der Waals surface area contributed by atoms with Gasteiger partial charge in [-0.3, -0.25) is 0 Å². The standard InChI is InChI=1S/C32H31FO6/c1-4-31(34)38-20-8-6-5-7-19-37-27-16-17-28(23(2)21-27)32(35)39-30-18-13-25(22-29(30)33)10-9-24-11-14-26(36-3)15-12-24/h4,11-18,21-22H,1,5-8,19-20H2,2-3H3. The molecule has 0 saturated carbocycles. The number of benzene rings is 3. The lowest BCUT2D eigenvalue weighted by Gasteiger charge is -2.11. The van der Waals surface area contributed by atoms with Crippen LogP contribution in [0.25, 0.3) is 0 Å². The first kappa shape index (κ1) is 29.0. The van der Waals surface area contributed by atoms with Crippen molar-refractivity contribution < 1.29 is 32.9 Å². The van der Waals surface area contributed by atoms with Crippen molar-refractivity contribution in [1.29, 1.82) is 0 Å². The first-order valence-electron chi connectivity index (χ1n) is 12.6. The van der Waals surface area contributed by atoms with E-state index in [1.54, 1.807) is 50.4 Å². The molecule has 0 aromatic heterocycles. The summed E-state index contributed by atoms with van der Waals surface area (Å²) in [6.07, 6.45) is 4.64. The maximum absolute atomic E-state index is 14.6. The van der Waals surface area contributed by atoms with E-state index < -0.39 is 17.8 Å². The molecule has 6 nitrogen and oxygen atoms in total. The van der Waals surface area contributed by atoms with Gasteiger partial charge in [-0.15, -0.1) is 0 Å². The van der Waals surface area contributed by atoms with Gasteiger partial charge in [0.05, 0.1) is 25.9 Å². The van der Waals surface area contributed by atoms with Crippen LogP contribution in [-0.4, -0.2) is 32.3 Å². The predicted octanol–water partition coefficient (Wildman–Crippen LogP) is 6.43. The molecule has 0 aliphatic carbocycles. The van der Waals surface area contributed by atoms with Gasteiger partial charge < -0.3 is 18.9 Å². The lowest BCUT2D eigenvalue weighted by Crippen LogP contribution is -2.11. The van der Waals surface area contributed by atoms with Gasteiger partial charge in [-0.25, -0.2) is 14.0 Å². The van der Waals surface area contributed by atoms with Crippen LogP contribution in [0.4, 0.5) is 4.39 Å². The largest absolute Gasteiger partial charge is 0.497 e. The lowest BCUT2D eigenvalue weighted by molar-refractivity contribution is -0.137. The molecule has 0 atom stereocenters. The normalized spacial score (nSPS) is 10.1. The first-order valence-corrected chi connectivity index (χ1v) is 12.6. The van der Waals surface area contributed by atoms with Crippen molar-refractivity contribution in [3.05, 3.63) is 101 Å². The Morgan fingerprint density at radius 2 is 1.54 bits per heavy atom. The van der Waals surface area contributed by atoms with Gasteiger partial charge in [-0.1, -0.05) is 18.4 Å². The minimum absolute atomic E-state index is 0.172. The van der Waals surface area contributed by atoms with Crippen LogP contribution in [0.15, 0.2) is 73.3 Å². The molecule has 3 aromatic carbocycles. The molecule has 0 radical (unpaired) electrons. The molecule has 0 aliphatic rings. The van der Waals surface area contributed by atoms with Crippen LogP contribution in [0.1, 0.15) is 52.7 Å². The third-order valence-electron chi connectivity index (χ3n) is 5.71. The Labute approximate surface area is 228 Å². The number of hydrogen-bond acceptors (Lipinski definition) is 6. The third kappa shape index (κ3) is 9.35. The van der Waals surface area contributed by atoms with Crippen molar-refractivity contribution in [2.75, 3.05) is 20.3 Å². The number of rotatable bonds is 12. The second-order valence-electron chi connectivity index (χ2n) is 8.62. The van der Waals surface area contributed by atoms with Crippen LogP contribution in [0.3, 0.4) is 0 Å². The van der Waals surface area contributed by atoms with E-state index in [-0.39, 0.29) is 5.75 Å². The van der Waals surface area contributed by atoms with Gasteiger partial charge in [0.1, 0.15) is 11.5 Å². The molecule has 0 unspecified atom stereocenters. The number of carbonyl (C=O) groups excluding carboxylic acids is 2. The number of hydrogen-bond donors (Lipinski definition) is 0. The van der Waals surface area contributed by atoms with E-state index in [0.717, 1.165) is 43.1 Å². The average Bonchev–Trinajstić information content (AvgIpc) is 2.94. The molecule has 0 spiro atoms. The molecule has 0 bridgehead atoms. The Bertz CT molecular complexity index is 1350. The molecule has 0 aliphatic heterocycles. The lowest BCUT2D eigenvalue weighted by atomic mass is 10.1. The number of esters is 2. The summed E-state index contributed by atoms with van der Waals surface area (Å²) >= 11 is 0. The molecule has 0 saturated heterocycles. The summed E-state index contributed by atoms with van der Waals surface area (Å²) in [5.74, 6) is 5.30. The van der Waals surface area contributed by atoms with Crippen LogP contribution >= 0.6 is 0 Å². The fourth-order valence-electron chi connectivity index (χ4n) is 3.57. The van der Waals surface area contributed by atoms with Crippen molar-refractivity contribution in [2.45, 2.75) is 32.6 Å². The summed E-state index contributed by atoms with van der Waals surface area (Å²) in [6.45, 7) is 6.03. The zero-order valence-corrected chi connectivity index (χ0v) is 22.1. The second kappa shape index (κ2) is 15.0. The number of methoxy groups -OCH3 is 1. The molecule has 0 N–H and O–H groups in total. The third-order valence-corrected chi connectivity index (χ3v) is 5.71. The minimum Gasteiger partial charge on any atom is -0.497 e. The van der Waals surface area contributed by atoms with Gasteiger partial charge in [0, 0.05) is 17.2 Å². The highest BCUT2D eigenvalue weighted by atomic mass is 19.1. The monoisotopic (exact) mass is 530 g/mol. The summed E-state index contributed by atoms with van der Waals surface area (Å²) < 4.78 is 35.8. The minimum atomic E-state index is -0.679. The Morgan fingerprint density at radius 1 is 0.872 bits per heavy atom. The van der Waals surface area contributed by atoms with Crippen LogP contribution < -0.4 is 14.2 Å². The van der Waals surface area contributed by atoms with Gasteiger partial charge in [0.15, 0.2) is 11.6 Å². The first-order chi connectivity index (χ1) is 18.9. The van der Waals surface area contributed by atoms with Crippen LogP contribution in [0, 0.1) is 24.6 Å². The van der Waals surface area contributed by atoms with Crippen molar-refractivity contribution in [3.8, 4) is 29.1 Å². The van der Waals surface area contributed by atoms with E-state index >= 15 is 0 Å². The quantitative estimate of drug-likeness (QED) is 0.0884. The molecule has 0 amide bonds. The molecule has 3 aromatic rings. The number of ether oxygens (including phenoxy) is 4. The Hall–Kier alpha value is -4.57. The average molecular weight is 531 g/mol. The summed E-state index contributed by atoms with van der Waals surface area (Å²) in [7, 11) is 1.59. The predicted molar refractivity (Wildman–Crippen MR) is 147 cm³/mol. The topological polar surface area (TPSA) is 71.1 Å². The summed E-state index contributed by atoms with van der Waals surface area (Å²) in [5, 5.41) is 0. The van der Waals surface area contributed by atoms with Crippen molar-refractivity contribution in [2.24, 2.45) is 0 Å².